The third kappa shape index (κ3) is 2.40. The highest BCUT2D eigenvalue weighted by Crippen LogP contribution is 2.22. The zero-order valence-corrected chi connectivity index (χ0v) is 7.78. The first kappa shape index (κ1) is 9.36. The smallest absolute Gasteiger partial charge is 0.0950 e. The number of nitrogens with one attached hydrogen (secondary N) is 1. The standard InChI is InChI=1S/C8H8Cl2N2/c9-6-2-1-5(3-7(6)10)4-8(11)12/h1-3H,4H2,(H3,11,12). The van der Waals surface area contributed by atoms with Crippen molar-refractivity contribution in [1.82, 2.24) is 0 Å². The first-order valence-corrected chi connectivity index (χ1v) is 4.12. The van der Waals surface area contributed by atoms with E-state index in [2.05, 4.69) is 0 Å². The molecule has 1 aromatic rings. The molecule has 0 spiro atoms. The van der Waals surface area contributed by atoms with Crippen molar-refractivity contribution in [2.24, 2.45) is 5.73 Å². The van der Waals surface area contributed by atoms with Crippen molar-refractivity contribution in [2.45, 2.75) is 6.42 Å². The number of rotatable bonds is 2. The third-order valence-corrected chi connectivity index (χ3v) is 2.12. The first-order valence-electron chi connectivity index (χ1n) is 3.36. The quantitative estimate of drug-likeness (QED) is 0.562. The highest BCUT2D eigenvalue weighted by molar-refractivity contribution is 6.42. The van der Waals surface area contributed by atoms with Crippen LogP contribution in [0.5, 0.6) is 0 Å². The van der Waals surface area contributed by atoms with Crippen LogP contribution in [0.25, 0.3) is 0 Å². The molecule has 64 valence electrons. The molecule has 12 heavy (non-hydrogen) atoms. The number of hydrogen-bond acceptors (Lipinski definition) is 1. The molecule has 0 unspecified atom stereocenters. The minimum atomic E-state index is 0.119. The normalized spacial score (nSPS) is 9.83. The summed E-state index contributed by atoms with van der Waals surface area (Å²) in [5.41, 5.74) is 6.12. The van der Waals surface area contributed by atoms with Gasteiger partial charge in [0.15, 0.2) is 0 Å². The van der Waals surface area contributed by atoms with Crippen LogP contribution >= 0.6 is 23.2 Å². The lowest BCUT2D eigenvalue weighted by atomic mass is 10.1. The van der Waals surface area contributed by atoms with Gasteiger partial charge < -0.3 is 5.73 Å². The summed E-state index contributed by atoms with van der Waals surface area (Å²) in [7, 11) is 0. The fourth-order valence-corrected chi connectivity index (χ4v) is 1.19. The summed E-state index contributed by atoms with van der Waals surface area (Å²) in [6, 6.07) is 5.21. The van der Waals surface area contributed by atoms with E-state index in [0.717, 1.165) is 5.56 Å². The molecule has 0 aliphatic carbocycles. The Labute approximate surface area is 80.8 Å². The van der Waals surface area contributed by atoms with Crippen LogP contribution in [0.15, 0.2) is 18.2 Å². The molecule has 0 aliphatic rings. The highest BCUT2D eigenvalue weighted by Gasteiger charge is 1.99. The van der Waals surface area contributed by atoms with Gasteiger partial charge in [-0.3, -0.25) is 5.41 Å². The number of hydrogen-bond donors (Lipinski definition) is 2. The maximum absolute atomic E-state index is 7.06. The molecule has 0 saturated carbocycles. The van der Waals surface area contributed by atoms with Crippen LogP contribution in [0.4, 0.5) is 0 Å². The Morgan fingerprint density at radius 2 is 2.00 bits per heavy atom. The van der Waals surface area contributed by atoms with Gasteiger partial charge in [-0.1, -0.05) is 29.3 Å². The molecule has 1 aromatic carbocycles. The molecule has 3 N–H and O–H groups in total. The van der Waals surface area contributed by atoms with Gasteiger partial charge in [0.05, 0.1) is 15.9 Å². The van der Waals surface area contributed by atoms with Crippen molar-refractivity contribution in [3.63, 3.8) is 0 Å². The molecular formula is C8H8Cl2N2. The van der Waals surface area contributed by atoms with E-state index in [-0.39, 0.29) is 5.84 Å². The molecule has 0 amide bonds. The predicted molar refractivity (Wildman–Crippen MR) is 52.1 cm³/mol. The van der Waals surface area contributed by atoms with E-state index < -0.39 is 0 Å². The second-order valence-electron chi connectivity index (χ2n) is 2.45. The monoisotopic (exact) mass is 202 g/mol. The SMILES string of the molecule is N=C(N)Cc1ccc(Cl)c(Cl)c1. The van der Waals surface area contributed by atoms with Crippen LogP contribution in [0.2, 0.25) is 10.0 Å². The van der Waals surface area contributed by atoms with Crippen molar-refractivity contribution in [2.75, 3.05) is 0 Å². The van der Waals surface area contributed by atoms with Gasteiger partial charge in [0.1, 0.15) is 0 Å². The van der Waals surface area contributed by atoms with E-state index in [0.29, 0.717) is 16.5 Å². The maximum atomic E-state index is 7.06. The third-order valence-electron chi connectivity index (χ3n) is 1.38. The van der Waals surface area contributed by atoms with Gasteiger partial charge in [0.2, 0.25) is 0 Å². The van der Waals surface area contributed by atoms with Crippen LogP contribution in [0.1, 0.15) is 5.56 Å². The average Bonchev–Trinajstić information content (AvgIpc) is 1.96. The Bertz CT molecular complexity index is 310. The molecule has 0 atom stereocenters. The molecule has 0 heterocycles. The predicted octanol–water partition coefficient (Wildman–Crippen LogP) is 2.47. The summed E-state index contributed by atoms with van der Waals surface area (Å²) >= 11 is 11.5. The summed E-state index contributed by atoms with van der Waals surface area (Å²) < 4.78 is 0. The fourth-order valence-electron chi connectivity index (χ4n) is 0.870. The Morgan fingerprint density at radius 3 is 2.50 bits per heavy atom. The molecule has 0 fully saturated rings. The first-order chi connectivity index (χ1) is 5.59. The Morgan fingerprint density at radius 1 is 1.33 bits per heavy atom. The molecule has 0 bridgehead atoms. The van der Waals surface area contributed by atoms with E-state index in [1.165, 1.54) is 0 Å². The van der Waals surface area contributed by atoms with Gasteiger partial charge in [0.25, 0.3) is 0 Å². The van der Waals surface area contributed by atoms with Gasteiger partial charge in [-0.2, -0.15) is 0 Å². The minimum absolute atomic E-state index is 0.119. The lowest BCUT2D eigenvalue weighted by molar-refractivity contribution is 1.25. The number of nitrogens with two attached hydrogens (primary N) is 1. The summed E-state index contributed by atoms with van der Waals surface area (Å²) in [5, 5.41) is 8.07. The summed E-state index contributed by atoms with van der Waals surface area (Å²) in [5.74, 6) is 0.119. The van der Waals surface area contributed by atoms with Crippen LogP contribution < -0.4 is 5.73 Å². The highest BCUT2D eigenvalue weighted by atomic mass is 35.5. The van der Waals surface area contributed by atoms with Crippen LogP contribution in [0.3, 0.4) is 0 Å². The molecular weight excluding hydrogens is 195 g/mol. The molecule has 0 aliphatic heterocycles. The fraction of sp³-hybridized carbons (Fsp3) is 0.125. The Kier molecular flexibility index (Phi) is 2.95. The molecule has 0 aromatic heterocycles. The topological polar surface area (TPSA) is 49.9 Å². The summed E-state index contributed by atoms with van der Waals surface area (Å²) in [6.07, 6.45) is 0.414. The largest absolute Gasteiger partial charge is 0.387 e. The van der Waals surface area contributed by atoms with Gasteiger partial charge >= 0.3 is 0 Å². The van der Waals surface area contributed by atoms with Gasteiger partial charge in [-0.05, 0) is 17.7 Å². The Balaban J connectivity index is 2.89. The minimum Gasteiger partial charge on any atom is -0.387 e. The molecule has 0 radical (unpaired) electrons. The molecule has 1 rings (SSSR count). The van der Waals surface area contributed by atoms with Crippen LogP contribution in [0, 0.1) is 5.41 Å². The maximum Gasteiger partial charge on any atom is 0.0950 e. The van der Waals surface area contributed by atoms with E-state index in [9.17, 15) is 0 Å². The van der Waals surface area contributed by atoms with Crippen molar-refractivity contribution in [3.8, 4) is 0 Å². The number of amidine groups is 1. The molecule has 4 heteroatoms. The summed E-state index contributed by atoms with van der Waals surface area (Å²) in [4.78, 5) is 0. The van der Waals surface area contributed by atoms with Gasteiger partial charge in [-0.15, -0.1) is 0 Å². The number of halogens is 2. The number of benzene rings is 1. The second-order valence-corrected chi connectivity index (χ2v) is 3.26. The van der Waals surface area contributed by atoms with Gasteiger partial charge in [-0.25, -0.2) is 0 Å². The van der Waals surface area contributed by atoms with Crippen molar-refractivity contribution >= 4 is 29.0 Å². The lowest BCUT2D eigenvalue weighted by Gasteiger charge is -2.00. The van der Waals surface area contributed by atoms with E-state index in [1.807, 2.05) is 0 Å². The van der Waals surface area contributed by atoms with E-state index in [1.54, 1.807) is 18.2 Å². The Hall–Kier alpha value is -0.730. The zero-order valence-electron chi connectivity index (χ0n) is 6.27. The van der Waals surface area contributed by atoms with Crippen LogP contribution in [-0.2, 0) is 6.42 Å². The lowest BCUT2D eigenvalue weighted by Crippen LogP contribution is -2.12. The summed E-state index contributed by atoms with van der Waals surface area (Å²) in [6.45, 7) is 0. The average molecular weight is 203 g/mol. The van der Waals surface area contributed by atoms with Crippen LogP contribution in [-0.4, -0.2) is 5.84 Å². The van der Waals surface area contributed by atoms with E-state index in [4.69, 9.17) is 34.3 Å². The second kappa shape index (κ2) is 3.78. The van der Waals surface area contributed by atoms with Gasteiger partial charge in [0, 0.05) is 6.42 Å². The molecule has 2 nitrogen and oxygen atoms in total. The van der Waals surface area contributed by atoms with Crippen molar-refractivity contribution < 1.29 is 0 Å². The van der Waals surface area contributed by atoms with Crippen molar-refractivity contribution in [1.29, 1.82) is 5.41 Å². The molecule has 0 saturated heterocycles. The van der Waals surface area contributed by atoms with Crippen molar-refractivity contribution in [3.05, 3.63) is 33.8 Å². The zero-order chi connectivity index (χ0) is 9.14. The van der Waals surface area contributed by atoms with E-state index >= 15 is 0 Å².